The quantitative estimate of drug-likeness (QED) is 0.634. The number of imidazole rings is 1. The molecule has 3 N–H and O–H groups in total. The molecule has 1 aliphatic rings. The molecule has 0 amide bonds. The predicted molar refractivity (Wildman–Crippen MR) is 108 cm³/mol. The lowest BCUT2D eigenvalue weighted by atomic mass is 9.81. The summed E-state index contributed by atoms with van der Waals surface area (Å²) in [6.45, 7) is 2.43. The Labute approximate surface area is 172 Å². The summed E-state index contributed by atoms with van der Waals surface area (Å²) in [4.78, 5) is 13.0. The second-order valence-electron chi connectivity index (χ2n) is 6.93. The Morgan fingerprint density at radius 2 is 2.00 bits per heavy atom. The summed E-state index contributed by atoms with van der Waals surface area (Å²) in [5.41, 5.74) is 5.79. The highest BCUT2D eigenvalue weighted by molar-refractivity contribution is 5.86. The van der Waals surface area contributed by atoms with Crippen molar-refractivity contribution in [2.24, 2.45) is 0 Å². The molecule has 0 saturated heterocycles. The van der Waals surface area contributed by atoms with Gasteiger partial charge in [-0.15, -0.1) is 12.4 Å². The fraction of sp³-hybridized carbons (Fsp3) is 0.350. The highest BCUT2D eigenvalue weighted by atomic mass is 35.5. The number of anilines is 1. The molecule has 3 aromatic rings. The van der Waals surface area contributed by atoms with Gasteiger partial charge >= 0.3 is 0 Å². The first-order chi connectivity index (χ1) is 13.4. The van der Waals surface area contributed by atoms with E-state index in [-0.39, 0.29) is 35.4 Å². The molecule has 0 aliphatic heterocycles. The summed E-state index contributed by atoms with van der Waals surface area (Å²) in [6, 6.07) is 3.94. The molecule has 152 valence electrons. The number of aromatic nitrogens is 4. The van der Waals surface area contributed by atoms with E-state index in [0.717, 1.165) is 18.9 Å². The van der Waals surface area contributed by atoms with Crippen LogP contribution in [0.25, 0.3) is 22.6 Å². The summed E-state index contributed by atoms with van der Waals surface area (Å²) in [6.07, 6.45) is 2.89. The maximum Gasteiger partial charge on any atom is 0.209 e. The van der Waals surface area contributed by atoms with Crippen molar-refractivity contribution in [3.63, 3.8) is 0 Å². The Bertz CT molecular complexity index is 1130. The largest absolute Gasteiger partial charge is 0.382 e. The van der Waals surface area contributed by atoms with Crippen LogP contribution < -0.4 is 5.73 Å². The fourth-order valence-electron chi connectivity index (χ4n) is 3.20. The van der Waals surface area contributed by atoms with Gasteiger partial charge in [0.2, 0.25) is 5.82 Å². The molecule has 1 fully saturated rings. The maximum absolute atomic E-state index is 14.4. The van der Waals surface area contributed by atoms with Gasteiger partial charge in [-0.1, -0.05) is 18.9 Å². The van der Waals surface area contributed by atoms with Crippen molar-refractivity contribution in [1.29, 1.82) is 0 Å². The molecule has 1 aliphatic carbocycles. The third-order valence-electron chi connectivity index (χ3n) is 4.85. The number of nitrogens with zero attached hydrogens (tertiary/aromatic N) is 4. The molecule has 0 unspecified atom stereocenters. The minimum atomic E-state index is -0.993. The number of fused-ring (bicyclic) bond motifs is 1. The van der Waals surface area contributed by atoms with E-state index in [0.29, 0.717) is 30.6 Å². The number of nitrogens with two attached hydrogens (primary N) is 1. The Morgan fingerprint density at radius 1 is 1.24 bits per heavy atom. The molecular weight excluding hydrogens is 400 g/mol. The summed E-state index contributed by atoms with van der Waals surface area (Å²) < 4.78 is 29.8. The van der Waals surface area contributed by atoms with Crippen molar-refractivity contribution in [1.82, 2.24) is 19.5 Å². The summed E-state index contributed by atoms with van der Waals surface area (Å²) in [5, 5.41) is 10.1. The number of rotatable bonds is 3. The van der Waals surface area contributed by atoms with Gasteiger partial charge in [-0.25, -0.2) is 23.7 Å². The van der Waals surface area contributed by atoms with Crippen molar-refractivity contribution in [3.8, 4) is 23.2 Å². The molecule has 2 aromatic heterocycles. The van der Waals surface area contributed by atoms with Crippen LogP contribution in [0, 0.1) is 23.5 Å². The molecule has 0 radical (unpaired) electrons. The highest BCUT2D eigenvalue weighted by Gasteiger charge is 2.32. The molecule has 6 nitrogen and oxygen atoms in total. The second kappa shape index (κ2) is 7.93. The van der Waals surface area contributed by atoms with E-state index in [9.17, 15) is 13.9 Å². The number of benzene rings is 1. The van der Waals surface area contributed by atoms with Crippen molar-refractivity contribution in [3.05, 3.63) is 35.7 Å². The fourth-order valence-corrected chi connectivity index (χ4v) is 3.20. The van der Waals surface area contributed by atoms with Crippen molar-refractivity contribution in [2.75, 3.05) is 5.73 Å². The van der Waals surface area contributed by atoms with Gasteiger partial charge in [-0.2, -0.15) is 0 Å². The predicted octanol–water partition coefficient (Wildman–Crippen LogP) is 3.45. The third kappa shape index (κ3) is 3.76. The van der Waals surface area contributed by atoms with E-state index in [1.165, 1.54) is 12.1 Å². The summed E-state index contributed by atoms with van der Waals surface area (Å²) >= 11 is 0. The van der Waals surface area contributed by atoms with E-state index in [1.807, 2.05) is 6.92 Å². The number of nitrogen functional groups attached to an aromatic ring is 1. The first kappa shape index (κ1) is 21.0. The van der Waals surface area contributed by atoms with Crippen LogP contribution in [0.4, 0.5) is 14.6 Å². The zero-order chi connectivity index (χ0) is 19.9. The normalized spacial score (nSPS) is 14.6. The van der Waals surface area contributed by atoms with Gasteiger partial charge in [0, 0.05) is 6.54 Å². The number of hydrogen-bond acceptors (Lipinski definition) is 5. The molecular formula is C20H20ClF2N5O. The summed E-state index contributed by atoms with van der Waals surface area (Å²) in [5.74, 6) is 4.14. The van der Waals surface area contributed by atoms with Gasteiger partial charge in [-0.05, 0) is 43.7 Å². The second-order valence-corrected chi connectivity index (χ2v) is 6.93. The Morgan fingerprint density at radius 3 is 2.66 bits per heavy atom. The van der Waals surface area contributed by atoms with Crippen LogP contribution in [-0.4, -0.2) is 30.2 Å². The van der Waals surface area contributed by atoms with E-state index >= 15 is 0 Å². The van der Waals surface area contributed by atoms with Gasteiger partial charge in [-0.3, -0.25) is 0 Å². The monoisotopic (exact) mass is 419 g/mol. The molecule has 4 rings (SSSR count). The Kier molecular flexibility index (Phi) is 5.73. The number of aliphatic hydroxyl groups is 1. The lowest BCUT2D eigenvalue weighted by Crippen LogP contribution is -2.34. The highest BCUT2D eigenvalue weighted by Crippen LogP contribution is 2.31. The number of hydrogen-bond donors (Lipinski definition) is 2. The van der Waals surface area contributed by atoms with Crippen LogP contribution in [0.2, 0.25) is 0 Å². The Hall–Kier alpha value is -2.76. The Balaban J connectivity index is 0.00000240. The van der Waals surface area contributed by atoms with E-state index < -0.39 is 17.2 Å². The van der Waals surface area contributed by atoms with Gasteiger partial charge in [0.05, 0.1) is 5.56 Å². The minimum absolute atomic E-state index is 0. The van der Waals surface area contributed by atoms with Gasteiger partial charge in [0.15, 0.2) is 28.6 Å². The lowest BCUT2D eigenvalue weighted by molar-refractivity contribution is 0.0239. The molecule has 1 aromatic carbocycles. The number of halogens is 3. The molecule has 1 saturated carbocycles. The molecule has 0 bridgehead atoms. The van der Waals surface area contributed by atoms with Crippen molar-refractivity contribution < 1.29 is 13.9 Å². The lowest BCUT2D eigenvalue weighted by Gasteiger charge is -2.30. The number of aryl methyl sites for hydroxylation is 1. The van der Waals surface area contributed by atoms with Gasteiger partial charge < -0.3 is 15.4 Å². The van der Waals surface area contributed by atoms with Crippen LogP contribution in [0.1, 0.15) is 38.4 Å². The topological polar surface area (TPSA) is 89.9 Å². The van der Waals surface area contributed by atoms with Crippen molar-refractivity contribution >= 4 is 29.4 Å². The summed E-state index contributed by atoms with van der Waals surface area (Å²) in [7, 11) is 0. The standard InChI is InChI=1S/C20H19F2N5O.ClH/c1-2-11-27-18(12-5-3-6-13(21)15(12)22)26-16-17(23)24-14(25-19(16)27)7-10-20(28)8-4-9-20;/h3,5-6,28H,2,4,8-9,11H2,1H3,(H2,23,24,25);1H. The molecule has 9 heteroatoms. The molecule has 0 atom stereocenters. The van der Waals surface area contributed by atoms with Gasteiger partial charge in [0.25, 0.3) is 0 Å². The van der Waals surface area contributed by atoms with E-state index in [1.54, 1.807) is 4.57 Å². The van der Waals surface area contributed by atoms with Crippen LogP contribution in [0.5, 0.6) is 0 Å². The van der Waals surface area contributed by atoms with Crippen LogP contribution in [-0.2, 0) is 6.54 Å². The van der Waals surface area contributed by atoms with E-state index in [4.69, 9.17) is 5.73 Å². The smallest absolute Gasteiger partial charge is 0.209 e. The van der Waals surface area contributed by atoms with Gasteiger partial charge in [0.1, 0.15) is 11.4 Å². The zero-order valence-electron chi connectivity index (χ0n) is 15.7. The van der Waals surface area contributed by atoms with Crippen LogP contribution in [0.3, 0.4) is 0 Å². The first-order valence-corrected chi connectivity index (χ1v) is 9.15. The van der Waals surface area contributed by atoms with E-state index in [2.05, 4.69) is 26.8 Å². The van der Waals surface area contributed by atoms with Crippen LogP contribution >= 0.6 is 12.4 Å². The average Bonchev–Trinajstić information content (AvgIpc) is 3.00. The first-order valence-electron chi connectivity index (χ1n) is 9.15. The minimum Gasteiger partial charge on any atom is -0.382 e. The SMILES string of the molecule is CCCn1c(-c2cccc(F)c2F)nc2c(N)nc(C#CC3(O)CCC3)nc21.Cl. The third-order valence-corrected chi connectivity index (χ3v) is 4.85. The average molecular weight is 420 g/mol. The molecule has 0 spiro atoms. The van der Waals surface area contributed by atoms with Crippen LogP contribution in [0.15, 0.2) is 18.2 Å². The molecule has 29 heavy (non-hydrogen) atoms. The zero-order valence-corrected chi connectivity index (χ0v) is 16.6. The maximum atomic E-state index is 14.4. The molecule has 2 heterocycles. The van der Waals surface area contributed by atoms with Crippen molar-refractivity contribution in [2.45, 2.75) is 44.8 Å².